The smallest absolute Gasteiger partial charge is 0.331 e. The number of piperidine rings is 1. The van der Waals surface area contributed by atoms with Gasteiger partial charge in [0.15, 0.2) is 5.54 Å². The van der Waals surface area contributed by atoms with Crippen molar-refractivity contribution in [3.8, 4) is 0 Å². The van der Waals surface area contributed by atoms with Gasteiger partial charge in [-0.15, -0.1) is 0 Å². The summed E-state index contributed by atoms with van der Waals surface area (Å²) in [6, 6.07) is 8.84. The summed E-state index contributed by atoms with van der Waals surface area (Å²) < 4.78 is 6.79. The van der Waals surface area contributed by atoms with Crippen molar-refractivity contribution in [1.82, 2.24) is 14.7 Å². The second-order valence-electron chi connectivity index (χ2n) is 6.25. The predicted octanol–water partition coefficient (Wildman–Crippen LogP) is 2.35. The number of fused-ring (bicyclic) bond motifs is 1. The Balaban J connectivity index is 1.54. The van der Waals surface area contributed by atoms with Crippen LogP contribution in [0, 0.1) is 0 Å². The molecule has 0 spiro atoms. The normalized spacial score (nSPS) is 16.9. The van der Waals surface area contributed by atoms with Gasteiger partial charge in [-0.05, 0) is 30.3 Å². The SMILES string of the molecule is O=C(c1ccc2occc2c1)N1CCC(C(=O)O)(n2cccn2)CC1. The van der Waals surface area contributed by atoms with Gasteiger partial charge in [-0.25, -0.2) is 4.79 Å². The lowest BCUT2D eigenvalue weighted by atomic mass is 9.87. The molecule has 25 heavy (non-hydrogen) atoms. The second-order valence-corrected chi connectivity index (χ2v) is 6.25. The lowest BCUT2D eigenvalue weighted by Crippen LogP contribution is -2.52. The van der Waals surface area contributed by atoms with Crippen LogP contribution in [0.25, 0.3) is 11.0 Å². The van der Waals surface area contributed by atoms with E-state index in [2.05, 4.69) is 5.10 Å². The van der Waals surface area contributed by atoms with Crippen LogP contribution < -0.4 is 0 Å². The molecule has 7 heteroatoms. The van der Waals surface area contributed by atoms with Gasteiger partial charge in [0.1, 0.15) is 5.58 Å². The third-order valence-corrected chi connectivity index (χ3v) is 4.92. The number of aromatic nitrogens is 2. The Kier molecular flexibility index (Phi) is 3.56. The van der Waals surface area contributed by atoms with Crippen LogP contribution >= 0.6 is 0 Å². The van der Waals surface area contributed by atoms with Crippen molar-refractivity contribution in [3.05, 3.63) is 54.6 Å². The van der Waals surface area contributed by atoms with Crippen LogP contribution in [0.4, 0.5) is 0 Å². The minimum atomic E-state index is -1.09. The number of likely N-dealkylation sites (tertiary alicyclic amines) is 1. The zero-order valence-electron chi connectivity index (χ0n) is 13.5. The number of aliphatic carboxylic acids is 1. The Hall–Kier alpha value is -3.09. The van der Waals surface area contributed by atoms with E-state index < -0.39 is 11.5 Å². The molecule has 4 rings (SSSR count). The fourth-order valence-corrected chi connectivity index (χ4v) is 3.42. The molecule has 1 aromatic carbocycles. The van der Waals surface area contributed by atoms with E-state index in [1.54, 1.807) is 47.8 Å². The highest BCUT2D eigenvalue weighted by molar-refractivity contribution is 5.98. The third kappa shape index (κ3) is 2.48. The van der Waals surface area contributed by atoms with Gasteiger partial charge in [-0.3, -0.25) is 9.48 Å². The van der Waals surface area contributed by atoms with Crippen molar-refractivity contribution in [1.29, 1.82) is 0 Å². The van der Waals surface area contributed by atoms with Crippen molar-refractivity contribution < 1.29 is 19.1 Å². The zero-order valence-corrected chi connectivity index (χ0v) is 13.5. The van der Waals surface area contributed by atoms with E-state index >= 15 is 0 Å². The van der Waals surface area contributed by atoms with E-state index in [1.165, 1.54) is 4.68 Å². The number of amides is 1. The molecular formula is C18H17N3O4. The highest BCUT2D eigenvalue weighted by atomic mass is 16.4. The molecule has 2 aromatic heterocycles. The number of rotatable bonds is 3. The Morgan fingerprint density at radius 1 is 1.20 bits per heavy atom. The lowest BCUT2D eigenvalue weighted by molar-refractivity contribution is -0.150. The number of carboxylic acids is 1. The number of carbonyl (C=O) groups excluding carboxylic acids is 1. The van der Waals surface area contributed by atoms with E-state index in [9.17, 15) is 14.7 Å². The van der Waals surface area contributed by atoms with Gasteiger partial charge in [0.25, 0.3) is 5.91 Å². The number of carbonyl (C=O) groups is 2. The summed E-state index contributed by atoms with van der Waals surface area (Å²) in [6.07, 6.45) is 5.47. The lowest BCUT2D eigenvalue weighted by Gasteiger charge is -2.39. The standard InChI is InChI=1S/C18H17N3O4/c22-16(14-2-3-15-13(12-14)4-11-25-15)20-9-5-18(6-10-20,17(23)24)21-8-1-7-19-21/h1-4,7-8,11-12H,5-6,9-10H2,(H,23,24). The number of furan rings is 1. The van der Waals surface area contributed by atoms with Crippen molar-refractivity contribution in [2.45, 2.75) is 18.4 Å². The molecule has 0 radical (unpaired) electrons. The van der Waals surface area contributed by atoms with Gasteiger partial charge in [0.2, 0.25) is 0 Å². The van der Waals surface area contributed by atoms with E-state index in [-0.39, 0.29) is 5.91 Å². The molecule has 3 heterocycles. The maximum absolute atomic E-state index is 12.8. The van der Waals surface area contributed by atoms with E-state index in [1.807, 2.05) is 6.07 Å². The minimum Gasteiger partial charge on any atom is -0.479 e. The van der Waals surface area contributed by atoms with Crippen LogP contribution in [-0.2, 0) is 10.3 Å². The maximum atomic E-state index is 12.8. The first-order valence-corrected chi connectivity index (χ1v) is 8.10. The fourth-order valence-electron chi connectivity index (χ4n) is 3.42. The van der Waals surface area contributed by atoms with Crippen LogP contribution in [0.1, 0.15) is 23.2 Å². The van der Waals surface area contributed by atoms with Gasteiger partial charge in [0, 0.05) is 49.3 Å². The molecule has 0 unspecified atom stereocenters. The third-order valence-electron chi connectivity index (χ3n) is 4.92. The fraction of sp³-hybridized carbons (Fsp3) is 0.278. The van der Waals surface area contributed by atoms with E-state index in [0.29, 0.717) is 31.5 Å². The number of hydrogen-bond donors (Lipinski definition) is 1. The van der Waals surface area contributed by atoms with Gasteiger partial charge >= 0.3 is 5.97 Å². The summed E-state index contributed by atoms with van der Waals surface area (Å²) in [5, 5.41) is 14.7. The largest absolute Gasteiger partial charge is 0.479 e. The Morgan fingerprint density at radius 3 is 2.68 bits per heavy atom. The number of carboxylic acid groups (broad SMARTS) is 1. The van der Waals surface area contributed by atoms with Crippen LogP contribution in [0.5, 0.6) is 0 Å². The molecule has 1 amide bonds. The number of hydrogen-bond acceptors (Lipinski definition) is 4. The topological polar surface area (TPSA) is 88.6 Å². The minimum absolute atomic E-state index is 0.0949. The summed E-state index contributed by atoms with van der Waals surface area (Å²) in [7, 11) is 0. The van der Waals surface area contributed by atoms with Crippen LogP contribution in [-0.4, -0.2) is 44.8 Å². The Labute approximate surface area is 143 Å². The van der Waals surface area contributed by atoms with Gasteiger partial charge in [0.05, 0.1) is 6.26 Å². The van der Waals surface area contributed by atoms with Gasteiger partial charge in [-0.1, -0.05) is 0 Å². The molecule has 0 bridgehead atoms. The maximum Gasteiger partial charge on any atom is 0.331 e. The predicted molar refractivity (Wildman–Crippen MR) is 89.2 cm³/mol. The van der Waals surface area contributed by atoms with Crippen molar-refractivity contribution in [3.63, 3.8) is 0 Å². The zero-order chi connectivity index (χ0) is 17.4. The van der Waals surface area contributed by atoms with E-state index in [0.717, 1.165) is 11.0 Å². The molecule has 0 aliphatic carbocycles. The number of benzene rings is 1. The number of nitrogens with zero attached hydrogens (tertiary/aromatic N) is 3. The second kappa shape index (κ2) is 5.77. The highest BCUT2D eigenvalue weighted by Crippen LogP contribution is 2.31. The summed E-state index contributed by atoms with van der Waals surface area (Å²) in [5.74, 6) is -1.01. The first kappa shape index (κ1) is 15.4. The molecule has 7 nitrogen and oxygen atoms in total. The molecule has 128 valence electrons. The average molecular weight is 339 g/mol. The van der Waals surface area contributed by atoms with Crippen LogP contribution in [0.15, 0.2) is 53.4 Å². The quantitative estimate of drug-likeness (QED) is 0.791. The molecule has 1 N–H and O–H groups in total. The molecule has 1 saturated heterocycles. The van der Waals surface area contributed by atoms with E-state index in [4.69, 9.17) is 4.42 Å². The first-order chi connectivity index (χ1) is 12.1. The molecule has 1 fully saturated rings. The summed E-state index contributed by atoms with van der Waals surface area (Å²) in [4.78, 5) is 26.3. The molecule has 1 aliphatic heterocycles. The summed E-state index contributed by atoms with van der Waals surface area (Å²) >= 11 is 0. The van der Waals surface area contributed by atoms with Crippen LogP contribution in [0.3, 0.4) is 0 Å². The average Bonchev–Trinajstić information content (AvgIpc) is 3.32. The summed E-state index contributed by atoms with van der Waals surface area (Å²) in [5.41, 5.74) is 0.226. The van der Waals surface area contributed by atoms with Gasteiger partial charge in [-0.2, -0.15) is 5.10 Å². The molecule has 3 aromatic rings. The first-order valence-electron chi connectivity index (χ1n) is 8.10. The van der Waals surface area contributed by atoms with Crippen molar-refractivity contribution in [2.24, 2.45) is 0 Å². The molecule has 1 aliphatic rings. The monoisotopic (exact) mass is 339 g/mol. The highest BCUT2D eigenvalue weighted by Gasteiger charge is 2.44. The van der Waals surface area contributed by atoms with Crippen LogP contribution in [0.2, 0.25) is 0 Å². The Morgan fingerprint density at radius 2 is 2.00 bits per heavy atom. The Bertz CT molecular complexity index is 921. The molecule has 0 atom stereocenters. The van der Waals surface area contributed by atoms with Crippen molar-refractivity contribution >= 4 is 22.8 Å². The molecular weight excluding hydrogens is 322 g/mol. The van der Waals surface area contributed by atoms with Gasteiger partial charge < -0.3 is 14.4 Å². The summed E-state index contributed by atoms with van der Waals surface area (Å²) in [6.45, 7) is 0.739. The molecule has 0 saturated carbocycles. The van der Waals surface area contributed by atoms with Crippen molar-refractivity contribution in [2.75, 3.05) is 13.1 Å².